The van der Waals surface area contributed by atoms with Crippen molar-refractivity contribution in [2.75, 3.05) is 19.6 Å². The number of imide groups is 1. The highest BCUT2D eigenvalue weighted by molar-refractivity contribution is 6.21. The predicted molar refractivity (Wildman–Crippen MR) is 83.4 cm³/mol. The van der Waals surface area contributed by atoms with Gasteiger partial charge in [-0.1, -0.05) is 12.1 Å². The van der Waals surface area contributed by atoms with E-state index < -0.39 is 11.4 Å². The largest absolute Gasteiger partial charge is 0.481 e. The van der Waals surface area contributed by atoms with Crippen LogP contribution >= 0.6 is 0 Å². The number of nitrogens with zero attached hydrogens (tertiary/aromatic N) is 2. The number of hydrogen-bond acceptors (Lipinski definition) is 4. The van der Waals surface area contributed by atoms with Crippen molar-refractivity contribution in [3.05, 3.63) is 35.4 Å². The second-order valence-electron chi connectivity index (χ2n) is 6.49. The summed E-state index contributed by atoms with van der Waals surface area (Å²) in [6.07, 6.45) is 0.405. The Bertz CT molecular complexity index is 709. The molecule has 3 amide bonds. The molecule has 0 aromatic heterocycles. The van der Waals surface area contributed by atoms with Crippen LogP contribution in [0.4, 0.5) is 0 Å². The van der Waals surface area contributed by atoms with Gasteiger partial charge in [-0.25, -0.2) is 0 Å². The summed E-state index contributed by atoms with van der Waals surface area (Å²) in [7, 11) is 0. The van der Waals surface area contributed by atoms with Crippen molar-refractivity contribution in [3.63, 3.8) is 0 Å². The van der Waals surface area contributed by atoms with Gasteiger partial charge in [0.15, 0.2) is 0 Å². The van der Waals surface area contributed by atoms with E-state index in [1.165, 1.54) is 4.90 Å². The Morgan fingerprint density at radius 3 is 2.25 bits per heavy atom. The van der Waals surface area contributed by atoms with Gasteiger partial charge in [0.05, 0.1) is 16.5 Å². The van der Waals surface area contributed by atoms with Crippen LogP contribution in [0.25, 0.3) is 0 Å². The molecule has 1 N–H and O–H groups in total. The maximum atomic E-state index is 12.3. The molecule has 7 nitrogen and oxygen atoms in total. The fraction of sp³-hybridized carbons (Fsp3) is 0.412. The van der Waals surface area contributed by atoms with Gasteiger partial charge >= 0.3 is 5.97 Å². The molecule has 1 aromatic carbocycles. The molecule has 7 heteroatoms. The molecule has 2 aliphatic rings. The van der Waals surface area contributed by atoms with Crippen LogP contribution in [0.1, 0.15) is 40.5 Å². The Morgan fingerprint density at radius 1 is 1.17 bits per heavy atom. The number of rotatable bonds is 4. The molecule has 0 bridgehead atoms. The summed E-state index contributed by atoms with van der Waals surface area (Å²) >= 11 is 0. The van der Waals surface area contributed by atoms with Gasteiger partial charge in [-0.3, -0.25) is 24.1 Å². The second-order valence-corrected chi connectivity index (χ2v) is 6.49. The molecule has 0 aliphatic carbocycles. The Hall–Kier alpha value is -2.70. The number of amides is 3. The number of carboxylic acid groups (broad SMARTS) is 1. The van der Waals surface area contributed by atoms with Gasteiger partial charge in [-0.05, 0) is 25.5 Å². The van der Waals surface area contributed by atoms with Crippen molar-refractivity contribution >= 4 is 23.7 Å². The van der Waals surface area contributed by atoms with Crippen molar-refractivity contribution in [1.82, 2.24) is 9.80 Å². The number of hydrogen-bond donors (Lipinski definition) is 1. The van der Waals surface area contributed by atoms with Crippen molar-refractivity contribution in [2.24, 2.45) is 5.41 Å². The SMILES string of the molecule is CC1(C(=O)O)CCN(C(=O)CCN2C(=O)c3ccccc3C2=O)C1. The van der Waals surface area contributed by atoms with Gasteiger partial charge in [0.1, 0.15) is 0 Å². The molecular weight excluding hydrogens is 312 g/mol. The van der Waals surface area contributed by atoms with Crippen LogP contribution in [-0.4, -0.2) is 58.2 Å². The summed E-state index contributed by atoms with van der Waals surface area (Å²) < 4.78 is 0. The summed E-state index contributed by atoms with van der Waals surface area (Å²) in [6, 6.07) is 6.57. The van der Waals surface area contributed by atoms with Gasteiger partial charge in [0.2, 0.25) is 5.91 Å². The molecule has 0 spiro atoms. The number of carbonyl (C=O) groups excluding carboxylic acids is 3. The third-order valence-corrected chi connectivity index (χ3v) is 4.77. The van der Waals surface area contributed by atoms with Crippen LogP contribution in [0.2, 0.25) is 0 Å². The van der Waals surface area contributed by atoms with Crippen molar-refractivity contribution < 1.29 is 24.3 Å². The predicted octanol–water partition coefficient (Wildman–Crippen LogP) is 0.996. The third kappa shape index (κ3) is 2.55. The van der Waals surface area contributed by atoms with Crippen molar-refractivity contribution in [3.8, 4) is 0 Å². The van der Waals surface area contributed by atoms with Crippen molar-refractivity contribution in [2.45, 2.75) is 19.8 Å². The monoisotopic (exact) mass is 330 g/mol. The lowest BCUT2D eigenvalue weighted by Crippen LogP contribution is -2.38. The van der Waals surface area contributed by atoms with Gasteiger partial charge in [0, 0.05) is 26.1 Å². The van der Waals surface area contributed by atoms with E-state index in [1.807, 2.05) is 0 Å². The van der Waals surface area contributed by atoms with E-state index in [1.54, 1.807) is 31.2 Å². The molecule has 2 heterocycles. The Balaban J connectivity index is 1.61. The lowest BCUT2D eigenvalue weighted by molar-refractivity contribution is -0.147. The zero-order chi connectivity index (χ0) is 17.5. The standard InChI is InChI=1S/C17H18N2O5/c1-17(16(23)24)7-9-18(10-17)13(20)6-8-19-14(21)11-4-2-3-5-12(11)15(19)22/h2-5H,6-10H2,1H3,(H,23,24). The molecule has 1 atom stereocenters. The van der Waals surface area contributed by atoms with E-state index in [-0.39, 0.29) is 37.2 Å². The van der Waals surface area contributed by atoms with Crippen LogP contribution in [-0.2, 0) is 9.59 Å². The van der Waals surface area contributed by atoms with E-state index in [2.05, 4.69) is 0 Å². The fourth-order valence-corrected chi connectivity index (χ4v) is 3.16. The second kappa shape index (κ2) is 5.74. The maximum Gasteiger partial charge on any atom is 0.311 e. The normalized spacial score (nSPS) is 22.9. The number of likely N-dealkylation sites (tertiary alicyclic amines) is 1. The van der Waals surface area contributed by atoms with E-state index in [0.717, 1.165) is 4.90 Å². The third-order valence-electron chi connectivity index (χ3n) is 4.77. The smallest absolute Gasteiger partial charge is 0.311 e. The Morgan fingerprint density at radius 2 is 1.75 bits per heavy atom. The zero-order valence-electron chi connectivity index (χ0n) is 13.3. The van der Waals surface area contributed by atoms with Gasteiger partial charge in [0.25, 0.3) is 11.8 Å². The maximum absolute atomic E-state index is 12.3. The number of carboxylic acids is 1. The first-order valence-electron chi connectivity index (χ1n) is 7.80. The van der Waals surface area contributed by atoms with Gasteiger partial charge < -0.3 is 10.0 Å². The van der Waals surface area contributed by atoms with Crippen LogP contribution < -0.4 is 0 Å². The molecule has 1 saturated heterocycles. The number of benzene rings is 1. The van der Waals surface area contributed by atoms with Gasteiger partial charge in [-0.15, -0.1) is 0 Å². The fourth-order valence-electron chi connectivity index (χ4n) is 3.16. The summed E-state index contributed by atoms with van der Waals surface area (Å²) in [5, 5.41) is 9.21. The Labute approximate surface area is 138 Å². The minimum atomic E-state index is -0.925. The van der Waals surface area contributed by atoms with Crippen LogP contribution in [0.5, 0.6) is 0 Å². The first-order valence-corrected chi connectivity index (χ1v) is 7.80. The minimum absolute atomic E-state index is 0.00116. The molecule has 1 fully saturated rings. The highest BCUT2D eigenvalue weighted by Crippen LogP contribution is 2.30. The van der Waals surface area contributed by atoms with Crippen LogP contribution in [0.15, 0.2) is 24.3 Å². The average molecular weight is 330 g/mol. The van der Waals surface area contributed by atoms with E-state index in [9.17, 15) is 24.3 Å². The summed E-state index contributed by atoms with van der Waals surface area (Å²) in [5.74, 6) is -1.94. The lowest BCUT2D eigenvalue weighted by Gasteiger charge is -2.21. The summed E-state index contributed by atoms with van der Waals surface area (Å²) in [5.41, 5.74) is -0.213. The molecule has 3 rings (SSSR count). The average Bonchev–Trinajstić information content (AvgIpc) is 3.07. The van der Waals surface area contributed by atoms with E-state index in [0.29, 0.717) is 24.1 Å². The molecule has 0 saturated carbocycles. The highest BCUT2D eigenvalue weighted by atomic mass is 16.4. The molecule has 1 unspecified atom stereocenters. The molecule has 2 aliphatic heterocycles. The van der Waals surface area contributed by atoms with E-state index >= 15 is 0 Å². The molecule has 0 radical (unpaired) electrons. The topological polar surface area (TPSA) is 95.0 Å². The Kier molecular flexibility index (Phi) is 3.87. The first kappa shape index (κ1) is 16.2. The van der Waals surface area contributed by atoms with Crippen LogP contribution in [0, 0.1) is 5.41 Å². The van der Waals surface area contributed by atoms with Crippen molar-refractivity contribution in [1.29, 1.82) is 0 Å². The summed E-state index contributed by atoms with van der Waals surface area (Å²) in [4.78, 5) is 50.6. The molecule has 24 heavy (non-hydrogen) atoms. The van der Waals surface area contributed by atoms with Crippen LogP contribution in [0.3, 0.4) is 0 Å². The number of aliphatic carboxylic acids is 1. The first-order chi connectivity index (χ1) is 11.3. The lowest BCUT2D eigenvalue weighted by atomic mass is 9.90. The minimum Gasteiger partial charge on any atom is -0.481 e. The van der Waals surface area contributed by atoms with E-state index in [4.69, 9.17) is 0 Å². The van der Waals surface area contributed by atoms with Gasteiger partial charge in [-0.2, -0.15) is 0 Å². The number of fused-ring (bicyclic) bond motifs is 1. The summed E-state index contributed by atoms with van der Waals surface area (Å²) in [6.45, 7) is 2.16. The number of carbonyl (C=O) groups is 4. The molecule has 126 valence electrons. The zero-order valence-corrected chi connectivity index (χ0v) is 13.3. The molecular formula is C17H18N2O5. The quantitative estimate of drug-likeness (QED) is 0.831. The molecule has 1 aromatic rings. The highest BCUT2D eigenvalue weighted by Gasteiger charge is 2.42.